The van der Waals surface area contributed by atoms with E-state index in [1.807, 2.05) is 18.2 Å². The van der Waals surface area contributed by atoms with Gasteiger partial charge in [-0.2, -0.15) is 0 Å². The number of hydrogen-bond donors (Lipinski definition) is 0. The van der Waals surface area contributed by atoms with E-state index in [2.05, 4.69) is 22.3 Å². The Kier molecular flexibility index (Phi) is 6.53. The molecule has 1 aromatic carbocycles. The van der Waals surface area contributed by atoms with E-state index in [9.17, 15) is 0 Å². The zero-order valence-corrected chi connectivity index (χ0v) is 12.9. The molecule has 0 saturated heterocycles. The minimum absolute atomic E-state index is 0. The van der Waals surface area contributed by atoms with Gasteiger partial charge in [0.1, 0.15) is 5.75 Å². The number of nitrogens with zero attached hydrogens (tertiary/aromatic N) is 3. The molecule has 0 N–H and O–H groups in total. The summed E-state index contributed by atoms with van der Waals surface area (Å²) in [6, 6.07) is 5.66. The van der Waals surface area contributed by atoms with Gasteiger partial charge < -0.3 is 14.9 Å². The minimum Gasteiger partial charge on any atom is -0.494 e. The number of hydrogen-bond acceptors (Lipinski definition) is 3. The van der Waals surface area contributed by atoms with Crippen LogP contribution in [0.2, 0.25) is 0 Å². The number of aromatic nitrogens is 3. The van der Waals surface area contributed by atoms with E-state index in [4.69, 9.17) is 4.74 Å². The van der Waals surface area contributed by atoms with Crippen LogP contribution in [0.1, 0.15) is 26.2 Å². The molecule has 2 aromatic rings. The average molecular weight is 243 g/mol. The quantitative estimate of drug-likeness (QED) is 0.507. The Bertz CT molecular complexity index is 430. The van der Waals surface area contributed by atoms with E-state index >= 15 is 0 Å². The third-order valence-corrected chi connectivity index (χ3v) is 2.27. The molecule has 4 nitrogen and oxygen atoms in total. The van der Waals surface area contributed by atoms with Crippen LogP contribution in [0.25, 0.3) is 11.0 Å². The normalized spacial score (nSPS) is 10.1. The fraction of sp³-hybridized carbons (Fsp3) is 0.455. The standard InChI is InChI=1S/C11H14N3O.K/c1-2-3-4-7-15-9-5-6-10-11(8-9)13-14-12-10;/h5-6,8H,2-4,7H2,1H3;/q-1;+1. The molecule has 0 aliphatic carbocycles. The molecular weight excluding hydrogens is 229 g/mol. The van der Waals surface area contributed by atoms with E-state index in [1.165, 1.54) is 12.8 Å². The van der Waals surface area contributed by atoms with Crippen molar-refractivity contribution in [2.75, 3.05) is 6.61 Å². The van der Waals surface area contributed by atoms with Gasteiger partial charge in [0.2, 0.25) is 0 Å². The fourth-order valence-corrected chi connectivity index (χ4v) is 1.42. The largest absolute Gasteiger partial charge is 1.00 e. The molecule has 0 amide bonds. The van der Waals surface area contributed by atoms with Crippen LogP contribution in [-0.4, -0.2) is 16.9 Å². The molecule has 0 atom stereocenters. The molecular formula is C11H14KN3O. The van der Waals surface area contributed by atoms with Crippen molar-refractivity contribution in [3.63, 3.8) is 0 Å². The Labute approximate surface area is 138 Å². The second-order valence-corrected chi connectivity index (χ2v) is 3.50. The first-order valence-electron chi connectivity index (χ1n) is 5.29. The second-order valence-electron chi connectivity index (χ2n) is 3.50. The van der Waals surface area contributed by atoms with Gasteiger partial charge in [-0.3, -0.25) is 5.21 Å². The van der Waals surface area contributed by atoms with Gasteiger partial charge in [0.25, 0.3) is 0 Å². The summed E-state index contributed by atoms with van der Waals surface area (Å²) in [5.74, 6) is 0.848. The van der Waals surface area contributed by atoms with Gasteiger partial charge in [-0.05, 0) is 29.6 Å². The van der Waals surface area contributed by atoms with Crippen LogP contribution in [0.15, 0.2) is 18.2 Å². The summed E-state index contributed by atoms with van der Waals surface area (Å²) in [5.41, 5.74) is 1.61. The van der Waals surface area contributed by atoms with Gasteiger partial charge in [-0.1, -0.05) is 25.8 Å². The third-order valence-electron chi connectivity index (χ3n) is 2.27. The summed E-state index contributed by atoms with van der Waals surface area (Å²) >= 11 is 0. The van der Waals surface area contributed by atoms with Crippen molar-refractivity contribution in [2.45, 2.75) is 26.2 Å². The third kappa shape index (κ3) is 3.82. The van der Waals surface area contributed by atoms with Gasteiger partial charge in [-0.25, -0.2) is 0 Å². The van der Waals surface area contributed by atoms with Gasteiger partial charge in [0.15, 0.2) is 0 Å². The van der Waals surface area contributed by atoms with Gasteiger partial charge in [-0.15, -0.1) is 0 Å². The molecule has 0 aliphatic rings. The predicted octanol–water partition coefficient (Wildman–Crippen LogP) is -0.840. The summed E-state index contributed by atoms with van der Waals surface area (Å²) in [5, 5.41) is 11.3. The Hall–Kier alpha value is 0.0564. The first-order chi connectivity index (χ1) is 7.40. The average Bonchev–Trinajstić information content (AvgIpc) is 2.71. The van der Waals surface area contributed by atoms with Crippen LogP contribution in [0, 0.1) is 0 Å². The predicted molar refractivity (Wildman–Crippen MR) is 57.9 cm³/mol. The van der Waals surface area contributed by atoms with Crippen LogP contribution >= 0.6 is 0 Å². The van der Waals surface area contributed by atoms with Crippen LogP contribution in [0.4, 0.5) is 0 Å². The molecule has 0 spiro atoms. The molecule has 0 bridgehead atoms. The molecule has 80 valence electrons. The van der Waals surface area contributed by atoms with E-state index in [0.29, 0.717) is 0 Å². The Morgan fingerprint density at radius 2 is 2.19 bits per heavy atom. The number of unbranched alkanes of at least 4 members (excludes halogenated alkanes) is 2. The Morgan fingerprint density at radius 1 is 1.31 bits per heavy atom. The molecule has 0 fully saturated rings. The topological polar surface area (TPSA) is 49.1 Å². The second kappa shape index (κ2) is 7.40. The maximum Gasteiger partial charge on any atom is 1.00 e. The van der Waals surface area contributed by atoms with Crippen molar-refractivity contribution >= 4 is 11.0 Å². The van der Waals surface area contributed by atoms with Crippen LogP contribution in [-0.2, 0) is 0 Å². The maximum atomic E-state index is 5.59. The zero-order valence-electron chi connectivity index (χ0n) is 9.81. The molecule has 5 heteroatoms. The number of benzene rings is 1. The molecule has 0 unspecified atom stereocenters. The monoisotopic (exact) mass is 243 g/mol. The minimum atomic E-state index is 0. The molecule has 2 rings (SSSR count). The smallest absolute Gasteiger partial charge is 0.494 e. The molecule has 1 heterocycles. The first kappa shape index (κ1) is 14.1. The van der Waals surface area contributed by atoms with E-state index in [0.717, 1.165) is 29.8 Å². The molecule has 0 saturated carbocycles. The van der Waals surface area contributed by atoms with E-state index < -0.39 is 0 Å². The summed E-state index contributed by atoms with van der Waals surface area (Å²) in [4.78, 5) is 0. The Morgan fingerprint density at radius 3 is 3.00 bits per heavy atom. The molecule has 0 aliphatic heterocycles. The van der Waals surface area contributed by atoms with Crippen LogP contribution < -0.4 is 61.2 Å². The molecule has 16 heavy (non-hydrogen) atoms. The maximum absolute atomic E-state index is 5.59. The van der Waals surface area contributed by atoms with Crippen LogP contribution in [0.3, 0.4) is 0 Å². The first-order valence-corrected chi connectivity index (χ1v) is 5.29. The zero-order chi connectivity index (χ0) is 10.5. The van der Waals surface area contributed by atoms with Gasteiger partial charge in [0, 0.05) is 0 Å². The van der Waals surface area contributed by atoms with Crippen molar-refractivity contribution in [2.24, 2.45) is 0 Å². The van der Waals surface area contributed by atoms with Crippen molar-refractivity contribution in [1.29, 1.82) is 0 Å². The summed E-state index contributed by atoms with van der Waals surface area (Å²) in [6.45, 7) is 2.94. The Balaban J connectivity index is 0.00000128. The molecule has 0 radical (unpaired) electrons. The van der Waals surface area contributed by atoms with Crippen molar-refractivity contribution < 1.29 is 56.1 Å². The van der Waals surface area contributed by atoms with E-state index in [-0.39, 0.29) is 51.4 Å². The molecule has 1 aromatic heterocycles. The van der Waals surface area contributed by atoms with Crippen molar-refractivity contribution in [3.05, 3.63) is 18.2 Å². The van der Waals surface area contributed by atoms with Gasteiger partial charge in [0.05, 0.1) is 6.61 Å². The van der Waals surface area contributed by atoms with Crippen LogP contribution in [0.5, 0.6) is 5.75 Å². The summed E-state index contributed by atoms with van der Waals surface area (Å²) in [6.07, 6.45) is 3.51. The SMILES string of the molecule is CCCCCOc1ccc2[n-]nnc2c1.[K+]. The summed E-state index contributed by atoms with van der Waals surface area (Å²) < 4.78 is 5.59. The fourth-order valence-electron chi connectivity index (χ4n) is 1.42. The number of rotatable bonds is 5. The van der Waals surface area contributed by atoms with Crippen molar-refractivity contribution in [1.82, 2.24) is 15.4 Å². The van der Waals surface area contributed by atoms with E-state index in [1.54, 1.807) is 0 Å². The van der Waals surface area contributed by atoms with Gasteiger partial charge >= 0.3 is 51.4 Å². The number of ether oxygens (including phenoxy) is 1. The van der Waals surface area contributed by atoms with Crippen molar-refractivity contribution in [3.8, 4) is 5.75 Å². The number of fused-ring (bicyclic) bond motifs is 1. The summed E-state index contributed by atoms with van der Waals surface area (Å²) in [7, 11) is 0.